The number of rotatable bonds is 10. The van der Waals surface area contributed by atoms with Crippen LogP contribution in [0.1, 0.15) is 17.4 Å². The Morgan fingerprint density at radius 1 is 0.980 bits per heavy atom. The van der Waals surface area contributed by atoms with Crippen LogP contribution < -0.4 is 21.3 Å². The number of sulfonamides is 1. The van der Waals surface area contributed by atoms with Crippen molar-refractivity contribution in [2.75, 3.05) is 39.0 Å². The third-order valence-corrected chi connectivity index (χ3v) is 10.3. The molecule has 1 aromatic heterocycles. The maximum Gasteiger partial charge on any atom is 0.266 e. The van der Waals surface area contributed by atoms with Crippen molar-refractivity contribution in [1.29, 1.82) is 0 Å². The van der Waals surface area contributed by atoms with Crippen molar-refractivity contribution >= 4 is 50.0 Å². The normalized spacial score (nSPS) is 14.5. The number of nitrogens with zero attached hydrogens (tertiary/aromatic N) is 4. The Morgan fingerprint density at radius 2 is 1.69 bits per heavy atom. The Hall–Kier alpha value is -5.24. The van der Waals surface area contributed by atoms with Gasteiger partial charge in [0, 0.05) is 23.8 Å². The summed E-state index contributed by atoms with van der Waals surface area (Å²) in [6.07, 6.45) is 0.267. The van der Waals surface area contributed by atoms with Crippen molar-refractivity contribution in [3.05, 3.63) is 124 Å². The second-order valence-electron chi connectivity index (χ2n) is 11.5. The lowest BCUT2D eigenvalue weighted by Crippen LogP contribution is -2.54. The second kappa shape index (κ2) is 14.1. The van der Waals surface area contributed by atoms with Gasteiger partial charge in [0.1, 0.15) is 11.6 Å². The molecule has 49 heavy (non-hydrogen) atoms. The highest BCUT2D eigenvalue weighted by Crippen LogP contribution is 2.25. The predicted octanol–water partition coefficient (Wildman–Crippen LogP) is 3.56. The Labute approximate surface area is 287 Å². The van der Waals surface area contributed by atoms with Crippen LogP contribution in [0.5, 0.6) is 5.75 Å². The topological polar surface area (TPSA) is 157 Å². The molecule has 1 saturated heterocycles. The number of aromatic nitrogens is 2. The number of hydrogen-bond acceptors (Lipinski definition) is 8. The van der Waals surface area contributed by atoms with Crippen LogP contribution in [0.4, 0.5) is 5.69 Å². The number of piperazine rings is 1. The molecule has 12 nitrogen and oxygen atoms in total. The molecule has 3 N–H and O–H groups in total. The summed E-state index contributed by atoms with van der Waals surface area (Å²) < 4.78 is 34.2. The van der Waals surface area contributed by atoms with Gasteiger partial charge in [-0.2, -0.15) is 4.31 Å². The smallest absolute Gasteiger partial charge is 0.266 e. The molecule has 0 unspecified atom stereocenters. The molecule has 2 heterocycles. The number of carbonyl (C=O) groups is 2. The van der Waals surface area contributed by atoms with Crippen molar-refractivity contribution in [1.82, 2.24) is 24.1 Å². The number of anilines is 1. The minimum absolute atomic E-state index is 0.00315. The number of carbonyl (C=O) groups excluding carboxylic acids is 2. The highest BCUT2D eigenvalue weighted by Gasteiger charge is 2.34. The van der Waals surface area contributed by atoms with E-state index in [4.69, 9.17) is 27.1 Å². The van der Waals surface area contributed by atoms with E-state index < -0.39 is 34.4 Å². The van der Waals surface area contributed by atoms with E-state index in [1.807, 2.05) is 30.3 Å². The van der Waals surface area contributed by atoms with Crippen LogP contribution in [0.2, 0.25) is 5.02 Å². The van der Waals surface area contributed by atoms with E-state index in [2.05, 4.69) is 5.32 Å². The van der Waals surface area contributed by atoms with Crippen LogP contribution in [0, 0.1) is 0 Å². The number of hydrogen-bond donors (Lipinski definition) is 2. The first-order valence-corrected chi connectivity index (χ1v) is 17.2. The van der Waals surface area contributed by atoms with Crippen LogP contribution in [-0.4, -0.2) is 72.3 Å². The van der Waals surface area contributed by atoms with E-state index in [0.29, 0.717) is 33.0 Å². The van der Waals surface area contributed by atoms with E-state index in [0.717, 1.165) is 9.87 Å². The fourth-order valence-electron chi connectivity index (χ4n) is 5.71. The fraction of sp³-hybridized carbons (Fsp3) is 0.200. The minimum Gasteiger partial charge on any atom is -0.497 e. The van der Waals surface area contributed by atoms with Crippen molar-refractivity contribution in [3.63, 3.8) is 0 Å². The van der Waals surface area contributed by atoms with Gasteiger partial charge < -0.3 is 20.7 Å². The maximum atomic E-state index is 14.1. The number of methoxy groups -OCH3 is 1. The van der Waals surface area contributed by atoms with Crippen LogP contribution >= 0.6 is 11.6 Å². The summed E-state index contributed by atoms with van der Waals surface area (Å²) >= 11 is 6.29. The molecule has 252 valence electrons. The van der Waals surface area contributed by atoms with Gasteiger partial charge in [-0.25, -0.2) is 13.4 Å². The van der Waals surface area contributed by atoms with Gasteiger partial charge in [-0.1, -0.05) is 41.9 Å². The van der Waals surface area contributed by atoms with Gasteiger partial charge in [-0.15, -0.1) is 0 Å². The SMILES string of the molecule is COc1ccc(-n2c([C@H](Cc3ccccc3)NC(=O)CN3CCN(S(=O)(=O)c4ccc(N)cc4)CC3=O)nc3cc(Cl)ccc3c2=O)cc1. The molecule has 5 aromatic rings. The van der Waals surface area contributed by atoms with E-state index in [9.17, 15) is 22.8 Å². The van der Waals surface area contributed by atoms with Gasteiger partial charge >= 0.3 is 0 Å². The molecule has 14 heteroatoms. The van der Waals surface area contributed by atoms with Gasteiger partial charge in [-0.05, 0) is 78.7 Å². The molecule has 1 aliphatic heterocycles. The van der Waals surface area contributed by atoms with Crippen LogP contribution in [0.15, 0.2) is 107 Å². The molecule has 0 radical (unpaired) electrons. The second-order valence-corrected chi connectivity index (χ2v) is 13.9. The highest BCUT2D eigenvalue weighted by atomic mass is 35.5. The van der Waals surface area contributed by atoms with Gasteiger partial charge in [0.05, 0.1) is 47.7 Å². The lowest BCUT2D eigenvalue weighted by molar-refractivity contribution is -0.138. The molecule has 1 aliphatic rings. The molecule has 0 saturated carbocycles. The van der Waals surface area contributed by atoms with E-state index in [-0.39, 0.29) is 42.3 Å². The monoisotopic (exact) mass is 700 g/mol. The van der Waals surface area contributed by atoms with Gasteiger partial charge in [0.25, 0.3) is 5.56 Å². The first-order chi connectivity index (χ1) is 23.5. The summed E-state index contributed by atoms with van der Waals surface area (Å²) in [4.78, 5) is 47.1. The minimum atomic E-state index is -3.94. The quantitative estimate of drug-likeness (QED) is 0.210. The van der Waals surface area contributed by atoms with E-state index in [1.54, 1.807) is 49.6 Å². The number of halogens is 1. The molecule has 0 spiro atoms. The van der Waals surface area contributed by atoms with Gasteiger partial charge in [0.15, 0.2) is 0 Å². The molecule has 0 aliphatic carbocycles. The average molecular weight is 701 g/mol. The molecule has 4 aromatic carbocycles. The number of nitrogens with two attached hydrogens (primary N) is 1. The molecular weight excluding hydrogens is 668 g/mol. The van der Waals surface area contributed by atoms with E-state index in [1.165, 1.54) is 33.7 Å². The van der Waals surface area contributed by atoms with E-state index >= 15 is 0 Å². The summed E-state index contributed by atoms with van der Waals surface area (Å²) in [6, 6.07) is 26.1. The zero-order chi connectivity index (χ0) is 34.7. The Morgan fingerprint density at radius 3 is 2.37 bits per heavy atom. The summed E-state index contributed by atoms with van der Waals surface area (Å²) in [6.45, 7) is -0.736. The maximum absolute atomic E-state index is 14.1. The molecule has 1 atom stereocenters. The Balaban J connectivity index is 1.30. The van der Waals surface area contributed by atoms with Crippen molar-refractivity contribution in [3.8, 4) is 11.4 Å². The number of nitrogens with one attached hydrogen (secondary N) is 1. The van der Waals surface area contributed by atoms with Gasteiger partial charge in [-0.3, -0.25) is 19.0 Å². The molecule has 2 amide bonds. The van der Waals surface area contributed by atoms with Crippen LogP contribution in [0.25, 0.3) is 16.6 Å². The van der Waals surface area contributed by atoms with Gasteiger partial charge in [0.2, 0.25) is 21.8 Å². The number of benzene rings is 4. The van der Waals surface area contributed by atoms with Crippen molar-refractivity contribution in [2.24, 2.45) is 0 Å². The van der Waals surface area contributed by atoms with Crippen molar-refractivity contribution < 1.29 is 22.7 Å². The summed E-state index contributed by atoms with van der Waals surface area (Å²) in [7, 11) is -2.40. The standard InChI is InChI=1S/C35H33ClN6O6S/c1-48-27-12-10-26(11-13-27)42-34(39-30-20-24(36)7-16-29(30)35(42)45)31(19-23-5-3-2-4-6-23)38-32(43)21-40-17-18-41(22-33(40)44)49(46,47)28-14-8-25(37)9-15-28/h2-16,20,31H,17-19,21-22,37H2,1H3,(H,38,43)/t31-/m0/s1. The lowest BCUT2D eigenvalue weighted by atomic mass is 10.0. The fourth-order valence-corrected chi connectivity index (χ4v) is 7.26. The number of amides is 2. The summed E-state index contributed by atoms with van der Waals surface area (Å²) in [5.41, 5.74) is 7.49. The molecule has 6 rings (SSSR count). The highest BCUT2D eigenvalue weighted by molar-refractivity contribution is 7.89. The first kappa shape index (κ1) is 33.7. The summed E-state index contributed by atoms with van der Waals surface area (Å²) in [5, 5.41) is 3.74. The molecule has 1 fully saturated rings. The predicted molar refractivity (Wildman–Crippen MR) is 186 cm³/mol. The average Bonchev–Trinajstić information content (AvgIpc) is 3.09. The Bertz CT molecular complexity index is 2180. The lowest BCUT2D eigenvalue weighted by Gasteiger charge is -2.33. The van der Waals surface area contributed by atoms with Crippen molar-refractivity contribution in [2.45, 2.75) is 17.4 Å². The molecule has 0 bridgehead atoms. The number of fused-ring (bicyclic) bond motifs is 1. The number of nitrogen functional groups attached to an aromatic ring is 1. The van der Waals surface area contributed by atoms with Crippen LogP contribution in [0.3, 0.4) is 0 Å². The molecular formula is C35H33ClN6O6S. The first-order valence-electron chi connectivity index (χ1n) is 15.4. The third-order valence-electron chi connectivity index (χ3n) is 8.25. The van der Waals surface area contributed by atoms with Crippen LogP contribution in [-0.2, 0) is 26.0 Å². The summed E-state index contributed by atoms with van der Waals surface area (Å²) in [5.74, 6) is -0.175. The number of ether oxygens (including phenoxy) is 1. The zero-order valence-corrected chi connectivity index (χ0v) is 28.0. The third kappa shape index (κ3) is 7.28. The zero-order valence-electron chi connectivity index (χ0n) is 26.5. The Kier molecular flexibility index (Phi) is 9.67. The largest absolute Gasteiger partial charge is 0.497 e.